The molecular formula is C8H8F3IN2O2. The molecule has 0 unspecified atom stereocenters. The smallest absolute Gasteiger partial charge is 0.403 e. The van der Waals surface area contributed by atoms with Crippen LogP contribution in [0.25, 0.3) is 0 Å². The van der Waals surface area contributed by atoms with Crippen LogP contribution in [0.5, 0.6) is 5.75 Å². The minimum Gasteiger partial charge on any atom is -0.403 e. The van der Waals surface area contributed by atoms with Gasteiger partial charge in [0.2, 0.25) is 0 Å². The Hall–Kier alpha value is -0.610. The van der Waals surface area contributed by atoms with Crippen LogP contribution in [0.15, 0.2) is 6.20 Å². The van der Waals surface area contributed by atoms with Gasteiger partial charge in [0.05, 0.1) is 12.3 Å². The van der Waals surface area contributed by atoms with Gasteiger partial charge in [-0.1, -0.05) is 0 Å². The van der Waals surface area contributed by atoms with Gasteiger partial charge in [0, 0.05) is 21.9 Å². The number of hydrogen-bond acceptors (Lipinski definition) is 4. The molecule has 0 aliphatic rings. The number of ether oxygens (including phenoxy) is 1. The summed E-state index contributed by atoms with van der Waals surface area (Å²) in [7, 11) is 0. The third-order valence-corrected chi connectivity index (χ3v) is 2.66. The molecule has 16 heavy (non-hydrogen) atoms. The monoisotopic (exact) mass is 348 g/mol. The topological polar surface area (TPSA) is 68.4 Å². The first-order chi connectivity index (χ1) is 7.39. The SMILES string of the molecule is NCc1ncc(I)c(CO)c1OC(F)(F)F. The molecule has 0 aliphatic heterocycles. The van der Waals surface area contributed by atoms with Gasteiger partial charge in [-0.15, -0.1) is 13.2 Å². The maximum Gasteiger partial charge on any atom is 0.573 e. The maximum absolute atomic E-state index is 12.1. The standard InChI is InChI=1S/C8H8F3IN2O2/c9-8(10,11)16-7-4(3-15)5(12)2-14-6(7)1-13/h2,15H,1,3,13H2. The fourth-order valence-electron chi connectivity index (χ4n) is 1.08. The molecule has 0 fully saturated rings. The van der Waals surface area contributed by atoms with E-state index < -0.39 is 18.7 Å². The van der Waals surface area contributed by atoms with Crippen LogP contribution in [-0.4, -0.2) is 16.5 Å². The third-order valence-electron chi connectivity index (χ3n) is 1.73. The van der Waals surface area contributed by atoms with E-state index in [2.05, 4.69) is 9.72 Å². The Morgan fingerprint density at radius 3 is 2.56 bits per heavy atom. The zero-order valence-electron chi connectivity index (χ0n) is 7.88. The van der Waals surface area contributed by atoms with E-state index in [0.717, 1.165) is 0 Å². The van der Waals surface area contributed by atoms with Crippen LogP contribution in [-0.2, 0) is 13.2 Å². The van der Waals surface area contributed by atoms with Gasteiger partial charge in [-0.2, -0.15) is 0 Å². The Kier molecular flexibility index (Phi) is 4.33. The highest BCUT2D eigenvalue weighted by atomic mass is 127. The number of alkyl halides is 3. The highest BCUT2D eigenvalue weighted by molar-refractivity contribution is 14.1. The van der Waals surface area contributed by atoms with Crippen LogP contribution < -0.4 is 10.5 Å². The zero-order chi connectivity index (χ0) is 12.3. The average molecular weight is 348 g/mol. The first-order valence-corrected chi connectivity index (χ1v) is 5.19. The van der Waals surface area contributed by atoms with Crippen LogP contribution >= 0.6 is 22.6 Å². The van der Waals surface area contributed by atoms with Crippen LogP contribution in [0.2, 0.25) is 0 Å². The Labute approximate surface area is 103 Å². The van der Waals surface area contributed by atoms with Crippen LogP contribution in [0, 0.1) is 3.57 Å². The van der Waals surface area contributed by atoms with Gasteiger partial charge in [-0.3, -0.25) is 4.98 Å². The zero-order valence-corrected chi connectivity index (χ0v) is 10.0. The second-order valence-corrected chi connectivity index (χ2v) is 3.93. The van der Waals surface area contributed by atoms with E-state index >= 15 is 0 Å². The highest BCUT2D eigenvalue weighted by Gasteiger charge is 2.33. The van der Waals surface area contributed by atoms with Crippen molar-refractivity contribution in [1.29, 1.82) is 0 Å². The number of aromatic nitrogens is 1. The van der Waals surface area contributed by atoms with Crippen molar-refractivity contribution in [2.75, 3.05) is 0 Å². The van der Waals surface area contributed by atoms with Crippen molar-refractivity contribution >= 4 is 22.6 Å². The number of nitrogens with two attached hydrogens (primary N) is 1. The minimum absolute atomic E-state index is 0.0355. The lowest BCUT2D eigenvalue weighted by Crippen LogP contribution is -2.21. The quantitative estimate of drug-likeness (QED) is 0.814. The van der Waals surface area contributed by atoms with E-state index in [4.69, 9.17) is 10.8 Å². The summed E-state index contributed by atoms with van der Waals surface area (Å²) in [6.45, 7) is -0.769. The van der Waals surface area contributed by atoms with Crippen molar-refractivity contribution in [3.05, 3.63) is 21.0 Å². The van der Waals surface area contributed by atoms with E-state index in [1.807, 2.05) is 0 Å². The van der Waals surface area contributed by atoms with Gasteiger partial charge in [0.1, 0.15) is 0 Å². The molecular weight excluding hydrogens is 340 g/mol. The van der Waals surface area contributed by atoms with Gasteiger partial charge in [-0.05, 0) is 22.6 Å². The molecule has 4 nitrogen and oxygen atoms in total. The number of hydrogen-bond donors (Lipinski definition) is 2. The van der Waals surface area contributed by atoms with E-state index in [-0.39, 0.29) is 17.8 Å². The summed E-state index contributed by atoms with van der Waals surface area (Å²) in [6, 6.07) is 0. The molecule has 1 aromatic heterocycles. The van der Waals surface area contributed by atoms with Crippen molar-refractivity contribution in [3.63, 3.8) is 0 Å². The molecule has 0 aliphatic carbocycles. The maximum atomic E-state index is 12.1. The van der Waals surface area contributed by atoms with E-state index in [9.17, 15) is 13.2 Å². The summed E-state index contributed by atoms with van der Waals surface area (Å²) in [4.78, 5) is 3.72. The van der Waals surface area contributed by atoms with Gasteiger partial charge < -0.3 is 15.6 Å². The molecule has 8 heteroatoms. The van der Waals surface area contributed by atoms with Crippen LogP contribution in [0.4, 0.5) is 13.2 Å². The number of halogens is 4. The number of aliphatic hydroxyl groups excluding tert-OH is 1. The Balaban J connectivity index is 3.25. The molecule has 0 amide bonds. The lowest BCUT2D eigenvalue weighted by Gasteiger charge is -2.15. The lowest BCUT2D eigenvalue weighted by atomic mass is 10.2. The van der Waals surface area contributed by atoms with E-state index in [1.165, 1.54) is 6.20 Å². The Bertz CT molecular complexity index is 384. The predicted octanol–water partition coefficient (Wildman–Crippen LogP) is 1.54. The fourth-order valence-corrected chi connectivity index (χ4v) is 1.64. The molecule has 1 heterocycles. The van der Waals surface area contributed by atoms with E-state index in [0.29, 0.717) is 3.57 Å². The Morgan fingerprint density at radius 2 is 2.12 bits per heavy atom. The summed E-state index contributed by atoms with van der Waals surface area (Å²) in [6.07, 6.45) is -3.50. The summed E-state index contributed by atoms with van der Waals surface area (Å²) < 4.78 is 40.6. The molecule has 0 atom stereocenters. The molecule has 0 aromatic carbocycles. The second kappa shape index (κ2) is 5.15. The first kappa shape index (κ1) is 13.5. The third kappa shape index (κ3) is 3.19. The van der Waals surface area contributed by atoms with Crippen LogP contribution in [0.1, 0.15) is 11.3 Å². The average Bonchev–Trinajstić information content (AvgIpc) is 2.16. The molecule has 90 valence electrons. The van der Waals surface area contributed by atoms with Gasteiger partial charge in [0.15, 0.2) is 5.75 Å². The molecule has 0 radical (unpaired) electrons. The lowest BCUT2D eigenvalue weighted by molar-refractivity contribution is -0.275. The summed E-state index contributed by atoms with van der Waals surface area (Å²) in [5.74, 6) is -0.510. The van der Waals surface area contributed by atoms with Crippen molar-refractivity contribution in [2.45, 2.75) is 19.5 Å². The predicted molar refractivity (Wildman–Crippen MR) is 57.5 cm³/mol. The number of aliphatic hydroxyl groups is 1. The molecule has 0 bridgehead atoms. The first-order valence-electron chi connectivity index (χ1n) is 4.12. The molecule has 3 N–H and O–H groups in total. The number of pyridine rings is 1. The fraction of sp³-hybridized carbons (Fsp3) is 0.375. The molecule has 0 saturated heterocycles. The Morgan fingerprint density at radius 1 is 1.50 bits per heavy atom. The molecule has 0 saturated carbocycles. The number of nitrogens with zero attached hydrogens (tertiary/aromatic N) is 1. The van der Waals surface area contributed by atoms with Crippen molar-refractivity contribution < 1.29 is 23.0 Å². The van der Waals surface area contributed by atoms with Crippen molar-refractivity contribution in [2.24, 2.45) is 5.73 Å². The second-order valence-electron chi connectivity index (χ2n) is 2.77. The van der Waals surface area contributed by atoms with Crippen LogP contribution in [0.3, 0.4) is 0 Å². The number of rotatable bonds is 3. The minimum atomic E-state index is -4.83. The summed E-state index contributed by atoms with van der Waals surface area (Å²) in [5.41, 5.74) is 5.24. The highest BCUT2D eigenvalue weighted by Crippen LogP contribution is 2.31. The molecule has 0 spiro atoms. The van der Waals surface area contributed by atoms with E-state index in [1.54, 1.807) is 22.6 Å². The normalized spacial score (nSPS) is 11.6. The van der Waals surface area contributed by atoms with Crippen molar-refractivity contribution in [3.8, 4) is 5.75 Å². The van der Waals surface area contributed by atoms with Crippen molar-refractivity contribution in [1.82, 2.24) is 4.98 Å². The largest absolute Gasteiger partial charge is 0.573 e. The van der Waals surface area contributed by atoms with Gasteiger partial charge in [-0.25, -0.2) is 0 Å². The molecule has 1 rings (SSSR count). The molecule has 1 aromatic rings. The van der Waals surface area contributed by atoms with Gasteiger partial charge >= 0.3 is 6.36 Å². The van der Waals surface area contributed by atoms with Gasteiger partial charge in [0.25, 0.3) is 0 Å². The summed E-state index contributed by atoms with van der Waals surface area (Å²) >= 11 is 1.76. The summed E-state index contributed by atoms with van der Waals surface area (Å²) in [5, 5.41) is 9.00.